The van der Waals surface area contributed by atoms with Crippen LogP contribution in [-0.2, 0) is 25.8 Å². The number of nitrogens with one attached hydrogen (secondary N) is 2. The number of hydrogen-bond donors (Lipinski definition) is 2. The second kappa shape index (κ2) is 8.23. The molecule has 1 atom stereocenters. The summed E-state index contributed by atoms with van der Waals surface area (Å²) in [4.78, 5) is 24.4. The van der Waals surface area contributed by atoms with E-state index in [2.05, 4.69) is 26.0 Å². The summed E-state index contributed by atoms with van der Waals surface area (Å²) < 4.78 is 67.4. The average molecular weight is 498 g/mol. The molecule has 0 bridgehead atoms. The molecule has 0 unspecified atom stereocenters. The van der Waals surface area contributed by atoms with Crippen molar-refractivity contribution in [2.24, 2.45) is 0 Å². The van der Waals surface area contributed by atoms with Crippen LogP contribution in [0.4, 0.5) is 13.2 Å². The number of sulfonamides is 1. The van der Waals surface area contributed by atoms with E-state index < -0.39 is 38.7 Å². The number of halogens is 4. The van der Waals surface area contributed by atoms with E-state index in [1.165, 1.54) is 6.07 Å². The van der Waals surface area contributed by atoms with Crippen LogP contribution in [0.2, 0.25) is 0 Å². The van der Waals surface area contributed by atoms with Crippen molar-refractivity contribution >= 4 is 37.8 Å². The molecule has 2 amide bonds. The van der Waals surface area contributed by atoms with E-state index in [0.29, 0.717) is 12.8 Å². The summed E-state index contributed by atoms with van der Waals surface area (Å²) in [5.41, 5.74) is -1.25. The third-order valence-electron chi connectivity index (χ3n) is 4.96. The number of hydrogen-bond acceptors (Lipinski definition) is 4. The van der Waals surface area contributed by atoms with Gasteiger partial charge in [-0.1, -0.05) is 15.9 Å². The lowest BCUT2D eigenvalue weighted by Crippen LogP contribution is -2.51. The van der Waals surface area contributed by atoms with E-state index in [-0.39, 0.29) is 42.2 Å². The van der Waals surface area contributed by atoms with E-state index in [9.17, 15) is 31.2 Å². The topological polar surface area (TPSA) is 95.6 Å². The number of nitrogens with zero attached hydrogens (tertiary/aromatic N) is 1. The highest BCUT2D eigenvalue weighted by Crippen LogP contribution is 2.36. The zero-order chi connectivity index (χ0) is 21.4. The average Bonchev–Trinajstić information content (AvgIpc) is 3.07. The second-order valence-corrected chi connectivity index (χ2v) is 9.62. The smallest absolute Gasteiger partial charge is 0.344 e. The highest BCUT2D eigenvalue weighted by Gasteiger charge is 2.39. The number of amides is 2. The molecule has 2 N–H and O–H groups in total. The molecule has 2 aliphatic heterocycles. The zero-order valence-corrected chi connectivity index (χ0v) is 17.5. The summed E-state index contributed by atoms with van der Waals surface area (Å²) in [6.07, 6.45) is -3.57. The number of carbonyl (C=O) groups excluding carboxylic acids is 2. The Bertz CT molecular complexity index is 915. The molecule has 0 radical (unpaired) electrons. The van der Waals surface area contributed by atoms with Crippen LogP contribution in [-0.4, -0.2) is 50.3 Å². The van der Waals surface area contributed by atoms with Crippen LogP contribution in [0.3, 0.4) is 0 Å². The SMILES string of the molecule is O=C1CC[C@H](C(=O)N2CCC(NS(=O)(=O)c3ccc(Br)cc3C(F)(F)F)CC2)N1. The van der Waals surface area contributed by atoms with E-state index in [0.717, 1.165) is 12.1 Å². The van der Waals surface area contributed by atoms with Gasteiger partial charge in [0.2, 0.25) is 21.8 Å². The summed E-state index contributed by atoms with van der Waals surface area (Å²) in [5.74, 6) is -0.398. The summed E-state index contributed by atoms with van der Waals surface area (Å²) in [7, 11) is -4.40. The molecule has 2 fully saturated rings. The van der Waals surface area contributed by atoms with Crippen molar-refractivity contribution in [3.8, 4) is 0 Å². The molecular weight excluding hydrogens is 479 g/mol. The van der Waals surface area contributed by atoms with E-state index in [1.54, 1.807) is 4.90 Å². The fraction of sp³-hybridized carbons (Fsp3) is 0.529. The maximum absolute atomic E-state index is 13.3. The maximum Gasteiger partial charge on any atom is 0.417 e. The fourth-order valence-electron chi connectivity index (χ4n) is 3.48. The predicted octanol–water partition coefficient (Wildman–Crippen LogP) is 2.02. The number of piperidine rings is 1. The Hall–Kier alpha value is -1.66. The van der Waals surface area contributed by atoms with Crippen LogP contribution >= 0.6 is 15.9 Å². The largest absolute Gasteiger partial charge is 0.417 e. The van der Waals surface area contributed by atoms with Crippen LogP contribution in [0.1, 0.15) is 31.2 Å². The molecule has 2 heterocycles. The molecular formula is C17H19BrF3N3O4S. The standard InChI is InChI=1S/C17H19BrF3N3O4S/c18-10-1-3-14(12(9-10)17(19,20)21)29(27,28)23-11-5-7-24(8-6-11)16(26)13-2-4-15(25)22-13/h1,3,9,11,13,23H,2,4-8H2,(H,22,25)/t13-/m1/s1. The number of alkyl halides is 3. The summed E-state index contributed by atoms with van der Waals surface area (Å²) in [6.45, 7) is 0.510. The summed E-state index contributed by atoms with van der Waals surface area (Å²) in [6, 6.07) is 1.73. The first-order valence-corrected chi connectivity index (χ1v) is 11.2. The molecule has 1 aromatic carbocycles. The van der Waals surface area contributed by atoms with Gasteiger partial charge >= 0.3 is 6.18 Å². The lowest BCUT2D eigenvalue weighted by atomic mass is 10.0. The molecule has 0 aliphatic carbocycles. The van der Waals surface area contributed by atoms with Gasteiger partial charge in [0.25, 0.3) is 0 Å². The van der Waals surface area contributed by atoms with Crippen molar-refractivity contribution in [1.29, 1.82) is 0 Å². The van der Waals surface area contributed by atoms with Crippen molar-refractivity contribution in [2.45, 2.75) is 48.8 Å². The Labute approximate surface area is 174 Å². The molecule has 0 aromatic heterocycles. The molecule has 0 saturated carbocycles. The minimum atomic E-state index is -4.82. The summed E-state index contributed by atoms with van der Waals surface area (Å²) >= 11 is 2.93. The van der Waals surface area contributed by atoms with Gasteiger partial charge in [0.05, 0.1) is 10.5 Å². The molecule has 160 valence electrons. The number of carbonyl (C=O) groups is 2. The molecule has 2 saturated heterocycles. The lowest BCUT2D eigenvalue weighted by Gasteiger charge is -2.33. The fourth-order valence-corrected chi connectivity index (χ4v) is 5.35. The molecule has 2 aliphatic rings. The normalized spacial score (nSPS) is 21.3. The molecule has 1 aromatic rings. The van der Waals surface area contributed by atoms with Crippen LogP contribution < -0.4 is 10.0 Å². The quantitative estimate of drug-likeness (QED) is 0.665. The number of benzene rings is 1. The molecule has 12 heteroatoms. The minimum absolute atomic E-state index is 0.120. The Morgan fingerprint density at radius 3 is 2.41 bits per heavy atom. The molecule has 0 spiro atoms. The second-order valence-electron chi connectivity index (χ2n) is 7.02. The number of rotatable bonds is 4. The Balaban J connectivity index is 1.66. The Kier molecular flexibility index (Phi) is 6.25. The number of likely N-dealkylation sites (tertiary alicyclic amines) is 1. The van der Waals surface area contributed by atoms with Crippen LogP contribution in [0.5, 0.6) is 0 Å². The highest BCUT2D eigenvalue weighted by atomic mass is 79.9. The first kappa shape index (κ1) is 22.0. The summed E-state index contributed by atoms with van der Waals surface area (Å²) in [5, 5.41) is 2.59. The van der Waals surface area contributed by atoms with Gasteiger partial charge < -0.3 is 10.2 Å². The van der Waals surface area contributed by atoms with Gasteiger partial charge in [0, 0.05) is 30.0 Å². The van der Waals surface area contributed by atoms with E-state index >= 15 is 0 Å². The van der Waals surface area contributed by atoms with Crippen LogP contribution in [0.25, 0.3) is 0 Å². The van der Waals surface area contributed by atoms with Gasteiger partial charge in [-0.3, -0.25) is 9.59 Å². The van der Waals surface area contributed by atoms with Gasteiger partial charge in [0.15, 0.2) is 0 Å². The van der Waals surface area contributed by atoms with Gasteiger partial charge in [0.1, 0.15) is 6.04 Å². The monoisotopic (exact) mass is 497 g/mol. The van der Waals surface area contributed by atoms with E-state index in [4.69, 9.17) is 0 Å². The van der Waals surface area contributed by atoms with Crippen LogP contribution in [0, 0.1) is 0 Å². The van der Waals surface area contributed by atoms with Crippen molar-refractivity contribution in [3.05, 3.63) is 28.2 Å². The van der Waals surface area contributed by atoms with Gasteiger partial charge in [-0.05, 0) is 37.5 Å². The first-order valence-electron chi connectivity index (χ1n) is 8.94. The van der Waals surface area contributed by atoms with Crippen molar-refractivity contribution in [1.82, 2.24) is 14.9 Å². The van der Waals surface area contributed by atoms with Crippen molar-refractivity contribution < 1.29 is 31.2 Å². The first-order chi connectivity index (χ1) is 13.5. The third-order valence-corrected chi connectivity index (χ3v) is 7.03. The Morgan fingerprint density at radius 2 is 1.86 bits per heavy atom. The lowest BCUT2D eigenvalue weighted by molar-refractivity contribution is -0.140. The third kappa shape index (κ3) is 5.10. The van der Waals surface area contributed by atoms with Gasteiger partial charge in [-0.15, -0.1) is 0 Å². The molecule has 3 rings (SSSR count). The van der Waals surface area contributed by atoms with Crippen molar-refractivity contribution in [2.75, 3.05) is 13.1 Å². The molecule has 7 nitrogen and oxygen atoms in total. The minimum Gasteiger partial charge on any atom is -0.344 e. The molecule has 29 heavy (non-hydrogen) atoms. The maximum atomic E-state index is 13.3. The van der Waals surface area contributed by atoms with Gasteiger partial charge in [-0.2, -0.15) is 13.2 Å². The Morgan fingerprint density at radius 1 is 1.21 bits per heavy atom. The van der Waals surface area contributed by atoms with E-state index in [1.807, 2.05) is 0 Å². The van der Waals surface area contributed by atoms with Gasteiger partial charge in [-0.25, -0.2) is 13.1 Å². The van der Waals surface area contributed by atoms with Crippen LogP contribution in [0.15, 0.2) is 27.6 Å². The van der Waals surface area contributed by atoms with Crippen molar-refractivity contribution in [3.63, 3.8) is 0 Å². The zero-order valence-electron chi connectivity index (χ0n) is 15.1. The highest BCUT2D eigenvalue weighted by molar-refractivity contribution is 9.10. The predicted molar refractivity (Wildman–Crippen MR) is 100 cm³/mol.